The summed E-state index contributed by atoms with van der Waals surface area (Å²) >= 11 is 0. The molecule has 0 heterocycles. The van der Waals surface area contributed by atoms with Crippen molar-refractivity contribution in [3.05, 3.63) is 29.8 Å². The molecular formula is C18H31N5O2. The van der Waals surface area contributed by atoms with E-state index < -0.39 is 11.8 Å². The van der Waals surface area contributed by atoms with Crippen LogP contribution in [0.25, 0.3) is 0 Å². The van der Waals surface area contributed by atoms with E-state index in [1.807, 2.05) is 81.3 Å². The molecule has 0 aromatic heterocycles. The highest BCUT2D eigenvalue weighted by Crippen LogP contribution is 2.20. The van der Waals surface area contributed by atoms with E-state index in [2.05, 4.69) is 10.6 Å². The van der Waals surface area contributed by atoms with Crippen LogP contribution in [-0.2, 0) is 9.59 Å². The maximum Gasteiger partial charge on any atom is 0.309 e. The van der Waals surface area contributed by atoms with Gasteiger partial charge in [0.25, 0.3) is 0 Å². The Balaban J connectivity index is 2.60. The third kappa shape index (κ3) is 7.11. The van der Waals surface area contributed by atoms with E-state index >= 15 is 0 Å². The Hall–Kier alpha value is -2.12. The zero-order valence-corrected chi connectivity index (χ0v) is 16.2. The van der Waals surface area contributed by atoms with Gasteiger partial charge in [0.2, 0.25) is 0 Å². The Morgan fingerprint density at radius 1 is 0.920 bits per heavy atom. The first kappa shape index (κ1) is 20.9. The van der Waals surface area contributed by atoms with E-state index in [0.717, 1.165) is 11.3 Å². The van der Waals surface area contributed by atoms with E-state index in [-0.39, 0.29) is 6.04 Å². The van der Waals surface area contributed by atoms with E-state index in [4.69, 9.17) is 0 Å². The molecule has 0 spiro atoms. The van der Waals surface area contributed by atoms with Crippen LogP contribution in [0.5, 0.6) is 0 Å². The highest BCUT2D eigenvalue weighted by atomic mass is 16.2. The molecule has 0 aliphatic carbocycles. The van der Waals surface area contributed by atoms with Gasteiger partial charge in [-0.05, 0) is 45.9 Å². The lowest BCUT2D eigenvalue weighted by atomic mass is 10.1. The van der Waals surface area contributed by atoms with Crippen LogP contribution < -0.4 is 15.5 Å². The predicted octanol–water partition coefficient (Wildman–Crippen LogP) is 0.149. The Morgan fingerprint density at radius 2 is 1.48 bits per heavy atom. The van der Waals surface area contributed by atoms with Crippen LogP contribution in [0.2, 0.25) is 0 Å². The number of rotatable bonds is 8. The molecule has 25 heavy (non-hydrogen) atoms. The highest BCUT2D eigenvalue weighted by molar-refractivity contribution is 6.35. The number of nitrogens with zero attached hydrogens (tertiary/aromatic N) is 3. The summed E-state index contributed by atoms with van der Waals surface area (Å²) in [5.41, 5.74) is 2.20. The van der Waals surface area contributed by atoms with Gasteiger partial charge in [-0.1, -0.05) is 12.1 Å². The van der Waals surface area contributed by atoms with Gasteiger partial charge in [-0.25, -0.2) is 0 Å². The quantitative estimate of drug-likeness (QED) is 0.654. The van der Waals surface area contributed by atoms with Crippen LogP contribution >= 0.6 is 0 Å². The zero-order chi connectivity index (χ0) is 19.0. The first-order valence-electron chi connectivity index (χ1n) is 8.36. The molecule has 0 aliphatic heterocycles. The van der Waals surface area contributed by atoms with Crippen LogP contribution in [0.4, 0.5) is 5.69 Å². The summed E-state index contributed by atoms with van der Waals surface area (Å²) in [5, 5.41) is 5.34. The van der Waals surface area contributed by atoms with Gasteiger partial charge in [0.1, 0.15) is 0 Å². The Morgan fingerprint density at radius 3 is 1.96 bits per heavy atom. The number of carbonyl (C=O) groups is 2. The van der Waals surface area contributed by atoms with Crippen LogP contribution in [0.15, 0.2) is 24.3 Å². The molecular weight excluding hydrogens is 318 g/mol. The van der Waals surface area contributed by atoms with Crippen molar-refractivity contribution in [1.29, 1.82) is 0 Å². The van der Waals surface area contributed by atoms with Crippen LogP contribution in [0.3, 0.4) is 0 Å². The Labute approximate surface area is 151 Å². The first-order valence-corrected chi connectivity index (χ1v) is 8.36. The third-order valence-corrected chi connectivity index (χ3v) is 3.92. The number of nitrogens with one attached hydrogen (secondary N) is 2. The molecule has 0 radical (unpaired) electrons. The third-order valence-electron chi connectivity index (χ3n) is 3.92. The van der Waals surface area contributed by atoms with E-state index in [1.54, 1.807) is 0 Å². The van der Waals surface area contributed by atoms with Gasteiger partial charge in [0.05, 0.1) is 6.04 Å². The summed E-state index contributed by atoms with van der Waals surface area (Å²) in [6.07, 6.45) is 0. The SMILES string of the molecule is CN(C)CCNC(=O)C(=O)NC[C@@H](c1ccc(N(C)C)cc1)N(C)C. The minimum atomic E-state index is -0.601. The second kappa shape index (κ2) is 10.0. The highest BCUT2D eigenvalue weighted by Gasteiger charge is 2.18. The first-order chi connectivity index (χ1) is 11.7. The lowest BCUT2D eigenvalue weighted by Crippen LogP contribution is -2.44. The maximum absolute atomic E-state index is 12.0. The monoisotopic (exact) mass is 349 g/mol. The van der Waals surface area contributed by atoms with Crippen molar-refractivity contribution >= 4 is 17.5 Å². The Kier molecular flexibility index (Phi) is 8.37. The fourth-order valence-corrected chi connectivity index (χ4v) is 2.34. The van der Waals surface area contributed by atoms with Gasteiger partial charge >= 0.3 is 11.8 Å². The minimum absolute atomic E-state index is 0.00487. The molecule has 2 N–H and O–H groups in total. The molecule has 1 rings (SSSR count). The number of benzene rings is 1. The number of hydrogen-bond donors (Lipinski definition) is 2. The smallest absolute Gasteiger partial charge is 0.309 e. The van der Waals surface area contributed by atoms with E-state index in [9.17, 15) is 9.59 Å². The summed E-state index contributed by atoms with van der Waals surface area (Å²) in [6.45, 7) is 1.51. The lowest BCUT2D eigenvalue weighted by Gasteiger charge is -2.25. The van der Waals surface area contributed by atoms with Crippen LogP contribution in [0, 0.1) is 0 Å². The summed E-state index contributed by atoms with van der Waals surface area (Å²) < 4.78 is 0. The molecule has 0 saturated carbocycles. The molecule has 0 bridgehead atoms. The molecule has 7 heteroatoms. The van der Waals surface area contributed by atoms with Gasteiger partial charge in [0.15, 0.2) is 0 Å². The average Bonchev–Trinajstić information content (AvgIpc) is 2.54. The molecule has 140 valence electrons. The van der Waals surface area contributed by atoms with Crippen molar-refractivity contribution < 1.29 is 9.59 Å². The number of amides is 2. The summed E-state index contributed by atoms with van der Waals surface area (Å²) in [6, 6.07) is 8.17. The van der Waals surface area contributed by atoms with Gasteiger partial charge in [0, 0.05) is 39.4 Å². The largest absolute Gasteiger partial charge is 0.378 e. The van der Waals surface area contributed by atoms with Crippen molar-refractivity contribution in [1.82, 2.24) is 20.4 Å². The number of anilines is 1. The van der Waals surface area contributed by atoms with Crippen molar-refractivity contribution in [2.75, 3.05) is 66.8 Å². The fourth-order valence-electron chi connectivity index (χ4n) is 2.34. The van der Waals surface area contributed by atoms with Crippen molar-refractivity contribution in [2.45, 2.75) is 6.04 Å². The van der Waals surface area contributed by atoms with E-state index in [0.29, 0.717) is 19.6 Å². The summed E-state index contributed by atoms with van der Waals surface area (Å²) in [5.74, 6) is -1.20. The molecule has 2 amide bonds. The van der Waals surface area contributed by atoms with Gasteiger partial charge in [-0.3, -0.25) is 9.59 Å². The minimum Gasteiger partial charge on any atom is -0.378 e. The lowest BCUT2D eigenvalue weighted by molar-refractivity contribution is -0.139. The topological polar surface area (TPSA) is 67.9 Å². The van der Waals surface area contributed by atoms with Crippen molar-refractivity contribution in [3.63, 3.8) is 0 Å². The number of likely N-dealkylation sites (N-methyl/N-ethyl adjacent to an activating group) is 2. The molecule has 1 aromatic rings. The Bertz CT molecular complexity index is 555. The van der Waals surface area contributed by atoms with Crippen LogP contribution in [0.1, 0.15) is 11.6 Å². The standard InChI is InChI=1S/C18H31N5O2/c1-21(2)12-11-19-17(24)18(25)20-13-16(23(5)6)14-7-9-15(10-8-14)22(3)4/h7-10,16H,11-13H2,1-6H3,(H,19,24)(H,20,25)/t16-/m0/s1. The maximum atomic E-state index is 12.0. The van der Waals surface area contributed by atoms with E-state index in [1.165, 1.54) is 0 Å². The van der Waals surface area contributed by atoms with Crippen LogP contribution in [-0.4, -0.2) is 83.5 Å². The number of carbonyl (C=O) groups excluding carboxylic acids is 2. The second-order valence-electron chi connectivity index (χ2n) is 6.73. The predicted molar refractivity (Wildman–Crippen MR) is 102 cm³/mol. The number of hydrogen-bond acceptors (Lipinski definition) is 5. The average molecular weight is 349 g/mol. The van der Waals surface area contributed by atoms with Crippen molar-refractivity contribution in [2.24, 2.45) is 0 Å². The summed E-state index contributed by atoms with van der Waals surface area (Å²) in [7, 11) is 11.7. The molecule has 0 saturated heterocycles. The molecule has 0 unspecified atom stereocenters. The molecule has 1 aromatic carbocycles. The van der Waals surface area contributed by atoms with Gasteiger partial charge in [-0.15, -0.1) is 0 Å². The fraction of sp³-hybridized carbons (Fsp3) is 0.556. The summed E-state index contributed by atoms with van der Waals surface area (Å²) in [4.78, 5) is 29.8. The molecule has 1 atom stereocenters. The molecule has 0 aliphatic rings. The second-order valence-corrected chi connectivity index (χ2v) is 6.73. The van der Waals surface area contributed by atoms with Gasteiger partial charge in [-0.2, -0.15) is 0 Å². The molecule has 0 fully saturated rings. The van der Waals surface area contributed by atoms with Gasteiger partial charge < -0.3 is 25.3 Å². The van der Waals surface area contributed by atoms with Crippen molar-refractivity contribution in [3.8, 4) is 0 Å². The zero-order valence-electron chi connectivity index (χ0n) is 16.2. The normalized spacial score (nSPS) is 12.2. The molecule has 7 nitrogen and oxygen atoms in total.